The molecule has 0 bridgehead atoms. The number of benzene rings is 1. The standard InChI is InChI=1S/C22H27N3O2S/c1-13-4-7-16(8-5-13)27-11-10-23-15(3)20-24-21(26)19-17-9-6-14(2)12-18(17)28-22(19)25-20/h4-5,7-8,14-15,23H,6,9-12H2,1-3H3,(H,24,25,26)/p+1/t14-,15-/m1/s1. The lowest BCUT2D eigenvalue weighted by atomic mass is 9.89. The minimum absolute atomic E-state index is 0.0169. The summed E-state index contributed by atoms with van der Waals surface area (Å²) in [6.07, 6.45) is 3.23. The smallest absolute Gasteiger partial charge is 0.260 e. The Bertz CT molecular complexity index is 1020. The van der Waals surface area contributed by atoms with Gasteiger partial charge in [0.1, 0.15) is 29.8 Å². The van der Waals surface area contributed by atoms with Crippen molar-refractivity contribution >= 4 is 21.6 Å². The van der Waals surface area contributed by atoms with Gasteiger partial charge in [-0.2, -0.15) is 0 Å². The summed E-state index contributed by atoms with van der Waals surface area (Å²) in [5, 5.41) is 2.99. The second-order valence-electron chi connectivity index (χ2n) is 7.96. The Labute approximate surface area is 169 Å². The number of fused-ring (bicyclic) bond motifs is 3. The molecule has 0 radical (unpaired) electrons. The first-order chi connectivity index (χ1) is 13.5. The molecule has 0 amide bonds. The molecule has 0 unspecified atom stereocenters. The third-order valence-corrected chi connectivity index (χ3v) is 6.69. The summed E-state index contributed by atoms with van der Waals surface area (Å²) in [4.78, 5) is 22.8. The lowest BCUT2D eigenvalue weighted by Crippen LogP contribution is -2.86. The van der Waals surface area contributed by atoms with Crippen molar-refractivity contribution in [2.75, 3.05) is 13.2 Å². The molecule has 3 aromatic rings. The number of quaternary nitrogens is 1. The zero-order valence-corrected chi connectivity index (χ0v) is 17.6. The van der Waals surface area contributed by atoms with Gasteiger partial charge < -0.3 is 15.0 Å². The second-order valence-corrected chi connectivity index (χ2v) is 9.04. The van der Waals surface area contributed by atoms with E-state index >= 15 is 0 Å². The number of thiophene rings is 1. The molecule has 0 fully saturated rings. The number of H-pyrrole nitrogens is 1. The Morgan fingerprint density at radius 2 is 2.14 bits per heavy atom. The quantitative estimate of drug-likeness (QED) is 0.627. The summed E-state index contributed by atoms with van der Waals surface area (Å²) in [7, 11) is 0. The van der Waals surface area contributed by atoms with Crippen molar-refractivity contribution in [3.63, 3.8) is 0 Å². The van der Waals surface area contributed by atoms with E-state index in [-0.39, 0.29) is 11.6 Å². The van der Waals surface area contributed by atoms with E-state index in [0.717, 1.165) is 47.6 Å². The highest BCUT2D eigenvalue weighted by atomic mass is 32.1. The first-order valence-corrected chi connectivity index (χ1v) is 10.9. The highest BCUT2D eigenvalue weighted by molar-refractivity contribution is 7.18. The van der Waals surface area contributed by atoms with Crippen LogP contribution in [0.5, 0.6) is 5.75 Å². The summed E-state index contributed by atoms with van der Waals surface area (Å²) in [5.41, 5.74) is 2.48. The minimum atomic E-state index is 0.0169. The van der Waals surface area contributed by atoms with Gasteiger partial charge in [0.05, 0.1) is 5.39 Å². The van der Waals surface area contributed by atoms with Gasteiger partial charge in [-0.3, -0.25) is 4.79 Å². The van der Waals surface area contributed by atoms with Crippen molar-refractivity contribution in [3.8, 4) is 5.75 Å². The van der Waals surface area contributed by atoms with Crippen molar-refractivity contribution in [2.45, 2.75) is 46.1 Å². The fraction of sp³-hybridized carbons (Fsp3) is 0.455. The van der Waals surface area contributed by atoms with Crippen molar-refractivity contribution in [1.29, 1.82) is 0 Å². The van der Waals surface area contributed by atoms with Crippen molar-refractivity contribution < 1.29 is 10.1 Å². The van der Waals surface area contributed by atoms with Gasteiger partial charge in [0, 0.05) is 4.88 Å². The van der Waals surface area contributed by atoms with Gasteiger partial charge >= 0.3 is 0 Å². The van der Waals surface area contributed by atoms with Crippen molar-refractivity contribution in [2.24, 2.45) is 5.92 Å². The van der Waals surface area contributed by atoms with Crippen LogP contribution < -0.4 is 15.6 Å². The first-order valence-electron chi connectivity index (χ1n) is 10.1. The molecule has 0 spiro atoms. The van der Waals surface area contributed by atoms with Crippen LogP contribution in [0, 0.1) is 12.8 Å². The molecule has 6 heteroatoms. The number of hydrogen-bond acceptors (Lipinski definition) is 4. The zero-order valence-electron chi connectivity index (χ0n) is 16.7. The van der Waals surface area contributed by atoms with E-state index in [9.17, 15) is 4.79 Å². The molecule has 2 atom stereocenters. The lowest BCUT2D eigenvalue weighted by molar-refractivity contribution is -0.694. The molecule has 4 rings (SSSR count). The van der Waals surface area contributed by atoms with Crippen LogP contribution in [0.4, 0.5) is 0 Å². The van der Waals surface area contributed by atoms with Gasteiger partial charge in [-0.1, -0.05) is 24.6 Å². The number of rotatable bonds is 6. The molecular weight excluding hydrogens is 370 g/mol. The summed E-state index contributed by atoms with van der Waals surface area (Å²) in [6, 6.07) is 8.16. The number of ether oxygens (including phenoxy) is 1. The summed E-state index contributed by atoms with van der Waals surface area (Å²) >= 11 is 1.71. The maximum absolute atomic E-state index is 12.7. The number of aromatic amines is 1. The van der Waals surface area contributed by atoms with Gasteiger partial charge in [-0.05, 0) is 56.7 Å². The van der Waals surface area contributed by atoms with Gasteiger partial charge in [-0.25, -0.2) is 4.98 Å². The average molecular weight is 399 g/mol. The molecule has 1 aliphatic rings. The molecule has 2 aromatic heterocycles. The third kappa shape index (κ3) is 3.98. The number of hydrogen-bond donors (Lipinski definition) is 2. The number of nitrogens with one attached hydrogen (secondary N) is 1. The van der Waals surface area contributed by atoms with Crippen molar-refractivity contribution in [3.05, 3.63) is 56.4 Å². The van der Waals surface area contributed by atoms with Gasteiger partial charge in [0.15, 0.2) is 5.82 Å². The van der Waals surface area contributed by atoms with E-state index in [0.29, 0.717) is 12.5 Å². The molecule has 5 nitrogen and oxygen atoms in total. The lowest BCUT2D eigenvalue weighted by Gasteiger charge is -2.17. The molecule has 0 saturated carbocycles. The summed E-state index contributed by atoms with van der Waals surface area (Å²) in [5.74, 6) is 2.33. The van der Waals surface area contributed by atoms with Crippen LogP contribution in [-0.2, 0) is 12.8 Å². The zero-order chi connectivity index (χ0) is 19.7. The second kappa shape index (κ2) is 8.05. The van der Waals surface area contributed by atoms with Crippen LogP contribution >= 0.6 is 11.3 Å². The summed E-state index contributed by atoms with van der Waals surface area (Å²) in [6.45, 7) is 7.84. The number of nitrogens with two attached hydrogens (primary N) is 1. The van der Waals surface area contributed by atoms with E-state index in [4.69, 9.17) is 9.72 Å². The van der Waals surface area contributed by atoms with Crippen molar-refractivity contribution in [1.82, 2.24) is 9.97 Å². The third-order valence-electron chi connectivity index (χ3n) is 5.54. The van der Waals surface area contributed by atoms with Gasteiger partial charge in [0.2, 0.25) is 0 Å². The van der Waals surface area contributed by atoms with Gasteiger partial charge in [-0.15, -0.1) is 11.3 Å². The Hall–Kier alpha value is -2.18. The molecule has 0 aliphatic heterocycles. The molecular formula is C22H28N3O2S+. The maximum atomic E-state index is 12.7. The van der Waals surface area contributed by atoms with E-state index < -0.39 is 0 Å². The topological polar surface area (TPSA) is 71.6 Å². The molecule has 2 heterocycles. The van der Waals surface area contributed by atoms with Crippen LogP contribution in [0.25, 0.3) is 10.2 Å². The van der Waals surface area contributed by atoms with Crippen LogP contribution in [0.15, 0.2) is 29.1 Å². The summed E-state index contributed by atoms with van der Waals surface area (Å²) < 4.78 is 5.78. The number of nitrogens with zero attached hydrogens (tertiary/aromatic N) is 1. The Morgan fingerprint density at radius 3 is 2.93 bits per heavy atom. The Morgan fingerprint density at radius 1 is 1.36 bits per heavy atom. The van der Waals surface area contributed by atoms with E-state index in [1.165, 1.54) is 16.0 Å². The predicted octanol–water partition coefficient (Wildman–Crippen LogP) is 3.12. The average Bonchev–Trinajstić information content (AvgIpc) is 3.04. The molecule has 0 saturated heterocycles. The van der Waals surface area contributed by atoms with Crippen LogP contribution in [0.2, 0.25) is 0 Å². The maximum Gasteiger partial charge on any atom is 0.260 e. The molecule has 148 valence electrons. The van der Waals surface area contributed by atoms with Crippen LogP contribution in [-0.4, -0.2) is 23.1 Å². The SMILES string of the molecule is Cc1ccc(OCC[NH2+][C@H](C)c2nc3sc4c(c3c(=O)[nH]2)CC[C@@H](C)C4)cc1. The fourth-order valence-electron chi connectivity index (χ4n) is 3.82. The monoisotopic (exact) mass is 398 g/mol. The van der Waals surface area contributed by atoms with Crippen LogP contribution in [0.1, 0.15) is 48.1 Å². The highest BCUT2D eigenvalue weighted by Gasteiger charge is 2.24. The molecule has 3 N–H and O–H groups in total. The largest absolute Gasteiger partial charge is 0.488 e. The van der Waals surface area contributed by atoms with E-state index in [1.54, 1.807) is 11.3 Å². The fourth-order valence-corrected chi connectivity index (χ4v) is 5.21. The molecule has 28 heavy (non-hydrogen) atoms. The number of aromatic nitrogens is 2. The Balaban J connectivity index is 1.42. The molecule has 1 aromatic carbocycles. The Kier molecular flexibility index (Phi) is 5.51. The number of aryl methyl sites for hydroxylation is 2. The molecule has 1 aliphatic carbocycles. The van der Waals surface area contributed by atoms with Gasteiger partial charge in [0.25, 0.3) is 5.56 Å². The van der Waals surface area contributed by atoms with E-state index in [1.807, 2.05) is 24.3 Å². The predicted molar refractivity (Wildman–Crippen MR) is 113 cm³/mol. The normalized spacial score (nSPS) is 17.5. The highest BCUT2D eigenvalue weighted by Crippen LogP contribution is 2.35. The van der Waals surface area contributed by atoms with E-state index in [2.05, 4.69) is 31.1 Å². The minimum Gasteiger partial charge on any atom is -0.488 e. The van der Waals surface area contributed by atoms with Crippen LogP contribution in [0.3, 0.4) is 0 Å². The first kappa shape index (κ1) is 19.2.